The van der Waals surface area contributed by atoms with E-state index in [0.717, 1.165) is 12.5 Å². The maximum atomic E-state index is 5.37. The zero-order valence-corrected chi connectivity index (χ0v) is 9.74. The molecule has 0 atom stereocenters. The Hall–Kier alpha value is 1.04. The molecule has 1 nitrogen and oxygen atoms in total. The molecule has 10 heavy (non-hydrogen) atoms. The van der Waals surface area contributed by atoms with E-state index in [4.69, 9.17) is 5.73 Å². The number of hydrogen-bond acceptors (Lipinski definition) is 2. The normalized spacial score (nSPS) is 11.2. The minimum absolute atomic E-state index is 0.422. The molecule has 0 bridgehead atoms. The van der Waals surface area contributed by atoms with Crippen LogP contribution < -0.4 is 25.6 Å². The predicted octanol–water partition coefficient (Wildman–Crippen LogP) is -1.27. The Bertz CT molecular complexity index is 68.6. The maximum absolute atomic E-state index is 5.37. The van der Waals surface area contributed by atoms with Gasteiger partial charge in [0.1, 0.15) is 0 Å². The van der Waals surface area contributed by atoms with Crippen LogP contribution in [-0.2, 0) is 0 Å². The first-order chi connectivity index (χ1) is 4.77. The van der Waals surface area contributed by atoms with Crippen LogP contribution in [0.15, 0.2) is 0 Å². The molecule has 0 radical (unpaired) electrons. The van der Waals surface area contributed by atoms with Gasteiger partial charge in [-0.05, 0) is 0 Å². The molecule has 0 aromatic heterocycles. The van der Waals surface area contributed by atoms with Crippen LogP contribution in [0, 0.1) is 5.92 Å². The van der Waals surface area contributed by atoms with Gasteiger partial charge in [0.25, 0.3) is 0 Å². The molecule has 0 fully saturated rings. The van der Waals surface area contributed by atoms with Crippen molar-refractivity contribution in [3.63, 3.8) is 0 Å². The summed E-state index contributed by atoms with van der Waals surface area (Å²) in [5.41, 5.74) is 5.37. The van der Waals surface area contributed by atoms with Crippen LogP contribution in [0.1, 0.15) is 20.3 Å². The van der Waals surface area contributed by atoms with Gasteiger partial charge in [-0.3, -0.25) is 0 Å². The Kier molecular flexibility index (Phi) is 8.99. The summed E-state index contributed by atoms with van der Waals surface area (Å²) in [5, 5.41) is 0. The van der Waals surface area contributed by atoms with Gasteiger partial charge in [-0.2, -0.15) is 0 Å². The molecule has 0 aliphatic carbocycles. The number of hydrogen-bond donors (Lipinski definition) is 1. The van der Waals surface area contributed by atoms with E-state index in [1.165, 1.54) is 16.6 Å². The molecule has 0 aromatic carbocycles. The second kappa shape index (κ2) is 8.14. The summed E-state index contributed by atoms with van der Waals surface area (Å²) in [4.78, 5) is 0. The summed E-state index contributed by atoms with van der Waals surface area (Å²) in [6.07, 6.45) is 1.41. The Labute approximate surface area is 77.2 Å². The van der Waals surface area contributed by atoms with Gasteiger partial charge in [-0.1, -0.05) is 0 Å². The molecule has 0 aliphatic heterocycles. The van der Waals surface area contributed by atoms with E-state index in [2.05, 4.69) is 22.8 Å². The molecule has 0 amide bonds. The van der Waals surface area contributed by atoms with Gasteiger partial charge in [0.05, 0.1) is 0 Å². The van der Waals surface area contributed by atoms with Crippen LogP contribution in [0.3, 0.4) is 0 Å². The van der Waals surface area contributed by atoms with Gasteiger partial charge in [0, 0.05) is 0 Å². The molecular formula is C7H17INS-. The van der Waals surface area contributed by atoms with E-state index in [9.17, 15) is 0 Å². The topological polar surface area (TPSA) is 26.0 Å². The molecular weight excluding hydrogens is 257 g/mol. The van der Waals surface area contributed by atoms with Gasteiger partial charge in [-0.25, -0.2) is 0 Å². The zero-order valence-electron chi connectivity index (χ0n) is 6.77. The molecule has 2 N–H and O–H groups in total. The quantitative estimate of drug-likeness (QED) is 0.371. The molecule has 0 saturated carbocycles. The molecule has 0 rings (SSSR count). The summed E-state index contributed by atoms with van der Waals surface area (Å²) in [5.74, 6) is 2.06. The third-order valence-electron chi connectivity index (χ3n) is 1.04. The van der Waals surface area contributed by atoms with Gasteiger partial charge in [-0.15, -0.1) is 0 Å². The molecule has 3 heteroatoms. The van der Waals surface area contributed by atoms with Crippen LogP contribution in [0.4, 0.5) is 0 Å². The third-order valence-corrected chi connectivity index (χ3v) is 6.32. The summed E-state index contributed by atoms with van der Waals surface area (Å²) < 4.78 is 1.46. The van der Waals surface area contributed by atoms with Gasteiger partial charge in [0.15, 0.2) is 0 Å². The first kappa shape index (κ1) is 11.0. The second-order valence-corrected chi connectivity index (χ2v) is 8.24. The zero-order chi connectivity index (χ0) is 7.82. The van der Waals surface area contributed by atoms with E-state index in [0.29, 0.717) is 19.8 Å². The average Bonchev–Trinajstić information content (AvgIpc) is 1.87. The molecule has 0 saturated heterocycles. The van der Waals surface area contributed by atoms with E-state index in [1.807, 2.05) is 0 Å². The van der Waals surface area contributed by atoms with Crippen molar-refractivity contribution in [2.24, 2.45) is 11.7 Å². The van der Waals surface area contributed by atoms with Crippen LogP contribution in [0.2, 0.25) is 0 Å². The Morgan fingerprint density at radius 2 is 2.20 bits per heavy atom. The molecule has 0 spiro atoms. The molecule has 0 aliphatic rings. The van der Waals surface area contributed by atoms with Gasteiger partial charge >= 0.3 is 77.4 Å². The van der Waals surface area contributed by atoms with Crippen molar-refractivity contribution >= 4 is 8.93 Å². The Morgan fingerprint density at radius 1 is 1.50 bits per heavy atom. The monoisotopic (exact) mass is 274 g/mol. The van der Waals surface area contributed by atoms with Crippen LogP contribution >= 0.6 is 8.93 Å². The predicted molar refractivity (Wildman–Crippen MR) is 45.8 cm³/mol. The van der Waals surface area contributed by atoms with Crippen molar-refractivity contribution in [1.82, 2.24) is 0 Å². The van der Waals surface area contributed by atoms with Crippen LogP contribution in [0.5, 0.6) is 0 Å². The second-order valence-electron chi connectivity index (χ2n) is 2.58. The van der Waals surface area contributed by atoms with E-state index >= 15 is 0 Å². The van der Waals surface area contributed by atoms with E-state index in [1.54, 1.807) is 0 Å². The van der Waals surface area contributed by atoms with Crippen LogP contribution in [0.25, 0.3) is 0 Å². The fourth-order valence-electron chi connectivity index (χ4n) is 0.416. The Morgan fingerprint density at radius 3 is 2.70 bits per heavy atom. The van der Waals surface area contributed by atoms with Gasteiger partial charge < -0.3 is 0 Å². The molecule has 0 aromatic rings. The molecule has 0 heterocycles. The molecule has 64 valence electrons. The van der Waals surface area contributed by atoms with Crippen molar-refractivity contribution in [1.29, 1.82) is 0 Å². The summed E-state index contributed by atoms with van der Waals surface area (Å²) in [7, 11) is 2.08. The van der Waals surface area contributed by atoms with Crippen molar-refractivity contribution in [2.45, 2.75) is 20.3 Å². The first-order valence-corrected chi connectivity index (χ1v) is 8.74. The Balaban J connectivity index is 2.77. The fourth-order valence-corrected chi connectivity index (χ4v) is 5.45. The number of alkyl halides is 1. The standard InChI is InChI=1S/C7H17INS/c1-7(2)3-4-8-10-6-5-9/h7H,3-6,9H2,1-2H3/q-1. The van der Waals surface area contributed by atoms with Crippen molar-refractivity contribution < 1.29 is 19.8 Å². The van der Waals surface area contributed by atoms with Crippen molar-refractivity contribution in [3.05, 3.63) is 0 Å². The summed E-state index contributed by atoms with van der Waals surface area (Å²) in [6.45, 7) is 5.43. The number of nitrogens with two attached hydrogens (primary N) is 1. The van der Waals surface area contributed by atoms with Crippen molar-refractivity contribution in [2.75, 3.05) is 16.7 Å². The SMILES string of the molecule is CC(C)CC[I-]SCCN. The number of halogens is 1. The van der Waals surface area contributed by atoms with E-state index in [-0.39, 0.29) is 0 Å². The summed E-state index contributed by atoms with van der Waals surface area (Å²) >= 11 is 0.422. The molecule has 0 unspecified atom stereocenters. The van der Waals surface area contributed by atoms with E-state index < -0.39 is 0 Å². The fraction of sp³-hybridized carbons (Fsp3) is 1.00. The van der Waals surface area contributed by atoms with Crippen molar-refractivity contribution in [3.8, 4) is 0 Å². The third kappa shape index (κ3) is 9.04. The number of rotatable bonds is 6. The first-order valence-electron chi connectivity index (χ1n) is 3.68. The summed E-state index contributed by atoms with van der Waals surface area (Å²) in [6, 6.07) is 0. The van der Waals surface area contributed by atoms with Gasteiger partial charge in [0.2, 0.25) is 0 Å². The van der Waals surface area contributed by atoms with Crippen LogP contribution in [-0.4, -0.2) is 16.7 Å². The minimum atomic E-state index is 0.422. The average molecular weight is 274 g/mol.